The minimum Gasteiger partial charge on any atom is -0.496 e. The van der Waals surface area contributed by atoms with Crippen LogP contribution < -0.4 is 10.5 Å². The van der Waals surface area contributed by atoms with E-state index in [1.54, 1.807) is 7.11 Å². The maximum Gasteiger partial charge on any atom is 0.128 e. The van der Waals surface area contributed by atoms with E-state index < -0.39 is 0 Å². The van der Waals surface area contributed by atoms with Crippen LogP contribution in [0.1, 0.15) is 37.6 Å². The Bertz CT molecular complexity index is 504. The van der Waals surface area contributed by atoms with Gasteiger partial charge in [-0.25, -0.2) is 0 Å². The van der Waals surface area contributed by atoms with Crippen LogP contribution in [-0.4, -0.2) is 30.3 Å². The van der Waals surface area contributed by atoms with Gasteiger partial charge in [-0.3, -0.25) is 4.98 Å². The third-order valence-corrected chi connectivity index (χ3v) is 4.99. The van der Waals surface area contributed by atoms with Crippen LogP contribution in [0.3, 0.4) is 0 Å². The van der Waals surface area contributed by atoms with Crippen LogP contribution in [0.15, 0.2) is 6.20 Å². The lowest BCUT2D eigenvalue weighted by Gasteiger charge is -2.26. The molecule has 1 aromatic heterocycles. The quantitative estimate of drug-likeness (QED) is 0.927. The number of nitrogens with two attached hydrogens (primary N) is 1. The van der Waals surface area contributed by atoms with Gasteiger partial charge in [0.25, 0.3) is 0 Å². The summed E-state index contributed by atoms with van der Waals surface area (Å²) in [5.74, 6) is 1.76. The number of methoxy groups -OCH3 is 1. The van der Waals surface area contributed by atoms with Gasteiger partial charge in [0.15, 0.2) is 0 Å². The predicted octanol–water partition coefficient (Wildman–Crippen LogP) is 2.64. The molecule has 0 spiro atoms. The maximum absolute atomic E-state index is 6.49. The van der Waals surface area contributed by atoms with Crippen LogP contribution in [0.4, 0.5) is 0 Å². The third kappa shape index (κ3) is 3.06. The van der Waals surface area contributed by atoms with E-state index in [-0.39, 0.29) is 18.2 Å². The average Bonchev–Trinajstić information content (AvgIpc) is 2.67. The summed E-state index contributed by atoms with van der Waals surface area (Å²) >= 11 is 0. The van der Waals surface area contributed by atoms with Crippen LogP contribution in [0.5, 0.6) is 5.75 Å². The fraction of sp³-hybridized carbons (Fsp3) is 0.706. The first-order valence-corrected chi connectivity index (χ1v) is 7.76. The van der Waals surface area contributed by atoms with E-state index >= 15 is 0 Å². The summed E-state index contributed by atoms with van der Waals surface area (Å²) in [4.78, 5) is 4.57. The molecule has 4 nitrogen and oxygen atoms in total. The lowest BCUT2D eigenvalue weighted by Crippen LogP contribution is -2.39. The number of nitrogens with zero attached hydrogens (tertiary/aromatic N) is 1. The molecule has 0 bridgehead atoms. The van der Waals surface area contributed by atoms with Crippen molar-refractivity contribution in [2.45, 2.75) is 59.3 Å². The minimum absolute atomic E-state index is 0.0542. The summed E-state index contributed by atoms with van der Waals surface area (Å²) in [6, 6.07) is 0.0542. The molecule has 1 fully saturated rings. The number of aryl methyl sites for hydroxylation is 1. The Morgan fingerprint density at radius 3 is 2.48 bits per heavy atom. The zero-order valence-electron chi connectivity index (χ0n) is 14.0. The molecule has 5 unspecified atom stereocenters. The van der Waals surface area contributed by atoms with Gasteiger partial charge in [0.2, 0.25) is 0 Å². The van der Waals surface area contributed by atoms with Crippen molar-refractivity contribution in [2.24, 2.45) is 17.6 Å². The van der Waals surface area contributed by atoms with Crippen molar-refractivity contribution in [1.29, 1.82) is 0 Å². The molecule has 0 saturated carbocycles. The van der Waals surface area contributed by atoms with Crippen LogP contribution >= 0.6 is 0 Å². The summed E-state index contributed by atoms with van der Waals surface area (Å²) in [6.07, 6.45) is 3.11. The van der Waals surface area contributed by atoms with Gasteiger partial charge in [0, 0.05) is 41.4 Å². The standard InChI is InChI=1S/C17H28N2O2/c1-9-8-19-15(11(3)17(9)20-6)7-14(18)16-10(2)12(4)21-13(16)5/h8,10,12-14,16H,7,18H2,1-6H3. The molecule has 0 aliphatic carbocycles. The Kier molecular flexibility index (Phi) is 4.89. The highest BCUT2D eigenvalue weighted by atomic mass is 16.5. The number of hydrogen-bond donors (Lipinski definition) is 1. The molecule has 1 saturated heterocycles. The van der Waals surface area contributed by atoms with Crippen LogP contribution in [0.25, 0.3) is 0 Å². The van der Waals surface area contributed by atoms with Crippen molar-refractivity contribution in [3.63, 3.8) is 0 Å². The molecular formula is C17H28N2O2. The first-order chi connectivity index (χ1) is 9.86. The lowest BCUT2D eigenvalue weighted by atomic mass is 9.81. The van der Waals surface area contributed by atoms with E-state index in [0.717, 1.165) is 29.0 Å². The van der Waals surface area contributed by atoms with Gasteiger partial charge in [-0.05, 0) is 33.6 Å². The zero-order chi connectivity index (χ0) is 15.7. The van der Waals surface area contributed by atoms with E-state index in [4.69, 9.17) is 15.2 Å². The summed E-state index contributed by atoms with van der Waals surface area (Å²) in [7, 11) is 1.70. The van der Waals surface area contributed by atoms with E-state index in [9.17, 15) is 0 Å². The third-order valence-electron chi connectivity index (χ3n) is 4.99. The zero-order valence-corrected chi connectivity index (χ0v) is 14.0. The van der Waals surface area contributed by atoms with E-state index in [0.29, 0.717) is 11.8 Å². The molecule has 1 aliphatic rings. The molecule has 0 radical (unpaired) electrons. The molecule has 21 heavy (non-hydrogen) atoms. The topological polar surface area (TPSA) is 57.4 Å². The monoisotopic (exact) mass is 292 g/mol. The number of pyridine rings is 1. The van der Waals surface area contributed by atoms with Gasteiger partial charge in [0.1, 0.15) is 5.75 Å². The molecule has 118 valence electrons. The highest BCUT2D eigenvalue weighted by Crippen LogP contribution is 2.35. The Labute approximate surface area is 128 Å². The smallest absolute Gasteiger partial charge is 0.128 e. The number of ether oxygens (including phenoxy) is 2. The van der Waals surface area contributed by atoms with Crippen LogP contribution in [-0.2, 0) is 11.2 Å². The number of aromatic nitrogens is 1. The van der Waals surface area contributed by atoms with Crippen molar-refractivity contribution in [1.82, 2.24) is 4.98 Å². The Morgan fingerprint density at radius 2 is 1.95 bits per heavy atom. The van der Waals surface area contributed by atoms with Crippen LogP contribution in [0, 0.1) is 25.7 Å². The summed E-state index contributed by atoms with van der Waals surface area (Å²) in [6.45, 7) is 10.6. The largest absolute Gasteiger partial charge is 0.496 e. The molecule has 0 amide bonds. The van der Waals surface area contributed by atoms with Gasteiger partial charge < -0.3 is 15.2 Å². The fourth-order valence-corrected chi connectivity index (χ4v) is 3.67. The fourth-order valence-electron chi connectivity index (χ4n) is 3.67. The molecule has 0 aromatic carbocycles. The number of rotatable bonds is 4. The van der Waals surface area contributed by atoms with Gasteiger partial charge in [0.05, 0.1) is 19.3 Å². The molecule has 2 N–H and O–H groups in total. The summed E-state index contributed by atoms with van der Waals surface area (Å²) < 4.78 is 11.4. The Morgan fingerprint density at radius 1 is 1.29 bits per heavy atom. The number of hydrogen-bond acceptors (Lipinski definition) is 4. The molecule has 4 heteroatoms. The Balaban J connectivity index is 2.18. The summed E-state index contributed by atoms with van der Waals surface area (Å²) in [5.41, 5.74) is 9.68. The first kappa shape index (κ1) is 16.2. The van der Waals surface area contributed by atoms with Crippen molar-refractivity contribution < 1.29 is 9.47 Å². The average molecular weight is 292 g/mol. The molecule has 2 rings (SSSR count). The van der Waals surface area contributed by atoms with Crippen molar-refractivity contribution >= 4 is 0 Å². The van der Waals surface area contributed by atoms with E-state index in [2.05, 4.69) is 32.7 Å². The predicted molar refractivity (Wildman–Crippen MR) is 84.6 cm³/mol. The normalized spacial score (nSPS) is 30.4. The highest BCUT2D eigenvalue weighted by molar-refractivity contribution is 5.41. The van der Waals surface area contributed by atoms with Crippen LogP contribution in [0.2, 0.25) is 0 Å². The van der Waals surface area contributed by atoms with Crippen molar-refractivity contribution in [3.8, 4) is 5.75 Å². The molecule has 2 heterocycles. The maximum atomic E-state index is 6.49. The van der Waals surface area contributed by atoms with Gasteiger partial charge in [-0.15, -0.1) is 0 Å². The van der Waals surface area contributed by atoms with Crippen molar-refractivity contribution in [2.75, 3.05) is 7.11 Å². The highest BCUT2D eigenvalue weighted by Gasteiger charge is 2.40. The van der Waals surface area contributed by atoms with Gasteiger partial charge in [-0.1, -0.05) is 6.92 Å². The van der Waals surface area contributed by atoms with E-state index in [1.807, 2.05) is 13.1 Å². The molecular weight excluding hydrogens is 264 g/mol. The second-order valence-corrected chi connectivity index (χ2v) is 6.40. The van der Waals surface area contributed by atoms with Gasteiger partial charge in [-0.2, -0.15) is 0 Å². The Hall–Kier alpha value is -1.13. The molecule has 1 aliphatic heterocycles. The lowest BCUT2D eigenvalue weighted by molar-refractivity contribution is 0.0490. The van der Waals surface area contributed by atoms with E-state index in [1.165, 1.54) is 0 Å². The van der Waals surface area contributed by atoms with Gasteiger partial charge >= 0.3 is 0 Å². The first-order valence-electron chi connectivity index (χ1n) is 7.76. The minimum atomic E-state index is 0.0542. The molecule has 1 aromatic rings. The summed E-state index contributed by atoms with van der Waals surface area (Å²) in [5, 5.41) is 0. The van der Waals surface area contributed by atoms with Crippen molar-refractivity contribution in [3.05, 3.63) is 23.0 Å². The second-order valence-electron chi connectivity index (χ2n) is 6.40. The second kappa shape index (κ2) is 6.32. The SMILES string of the molecule is COc1c(C)cnc(CC(N)C2C(C)OC(C)C2C)c1C. The molecule has 5 atom stereocenters.